The van der Waals surface area contributed by atoms with E-state index in [4.69, 9.17) is 0 Å². The molecule has 0 saturated carbocycles. The predicted molar refractivity (Wildman–Crippen MR) is 90.6 cm³/mol. The van der Waals surface area contributed by atoms with E-state index in [1.165, 1.54) is 32.9 Å². The van der Waals surface area contributed by atoms with Gasteiger partial charge >= 0.3 is 0 Å². The summed E-state index contributed by atoms with van der Waals surface area (Å²) in [5.41, 5.74) is 4.82. The van der Waals surface area contributed by atoms with Gasteiger partial charge in [-0.2, -0.15) is 0 Å². The van der Waals surface area contributed by atoms with Crippen molar-refractivity contribution >= 4 is 34.1 Å². The number of benzene rings is 1. The first-order valence-electron chi connectivity index (χ1n) is 6.84. The van der Waals surface area contributed by atoms with Crippen LogP contribution in [0.5, 0.6) is 0 Å². The van der Waals surface area contributed by atoms with Crippen molar-refractivity contribution in [2.24, 2.45) is 12.0 Å². The molecule has 0 radical (unpaired) electrons. The van der Waals surface area contributed by atoms with E-state index in [0.717, 1.165) is 0 Å². The first-order valence-corrected chi connectivity index (χ1v) is 6.84. The molecule has 3 nitrogen and oxygen atoms in total. The van der Waals surface area contributed by atoms with E-state index < -0.39 is 0 Å². The van der Waals surface area contributed by atoms with E-state index in [9.17, 15) is 0 Å². The highest BCUT2D eigenvalue weighted by Gasteiger charge is 2.08. The Balaban J connectivity index is 2.18. The summed E-state index contributed by atoms with van der Waals surface area (Å²) in [7, 11) is 2.09. The lowest BCUT2D eigenvalue weighted by Crippen LogP contribution is -1.87. The highest BCUT2D eigenvalue weighted by atomic mass is 14.9. The maximum Gasteiger partial charge on any atom is 0.0519 e. The van der Waals surface area contributed by atoms with Gasteiger partial charge in [0.05, 0.1) is 5.52 Å². The topological polar surface area (TPSA) is 30.2 Å². The summed E-state index contributed by atoms with van der Waals surface area (Å²) in [6.07, 6.45) is 9.39. The third kappa shape index (κ3) is 2.27. The molecule has 0 amide bonds. The molecule has 1 aromatic carbocycles. The number of nitrogens with zero attached hydrogens (tertiary/aromatic N) is 3. The van der Waals surface area contributed by atoms with Crippen molar-refractivity contribution in [2.75, 3.05) is 0 Å². The second-order valence-corrected chi connectivity index (χ2v) is 5.06. The van der Waals surface area contributed by atoms with Crippen molar-refractivity contribution in [3.8, 4) is 0 Å². The average Bonchev–Trinajstić information content (AvgIpc) is 2.81. The third-order valence-corrected chi connectivity index (χ3v) is 3.80. The molecule has 0 fully saturated rings. The number of hydrogen-bond donors (Lipinski definition) is 0. The Bertz CT molecular complexity index is 882. The van der Waals surface area contributed by atoms with Gasteiger partial charge in [-0.3, -0.25) is 9.98 Å². The molecular weight excluding hydrogens is 258 g/mol. The van der Waals surface area contributed by atoms with Crippen LogP contribution >= 0.6 is 0 Å². The van der Waals surface area contributed by atoms with Gasteiger partial charge in [-0.15, -0.1) is 0 Å². The lowest BCUT2D eigenvalue weighted by atomic mass is 10.0. The van der Waals surface area contributed by atoms with Crippen molar-refractivity contribution < 1.29 is 0 Å². The molecule has 0 atom stereocenters. The minimum Gasteiger partial charge on any atom is -0.343 e. The van der Waals surface area contributed by atoms with Crippen LogP contribution in [-0.2, 0) is 7.05 Å². The zero-order valence-electron chi connectivity index (χ0n) is 12.2. The second kappa shape index (κ2) is 5.37. The fourth-order valence-corrected chi connectivity index (χ4v) is 2.64. The molecule has 3 rings (SSSR count). The molecule has 2 aromatic heterocycles. The number of fused-ring (bicyclic) bond motifs is 3. The number of aliphatic imine (C=N–C) groups is 1. The summed E-state index contributed by atoms with van der Waals surface area (Å²) in [6, 6.07) is 8.59. The quantitative estimate of drug-likeness (QED) is 0.516. The summed E-state index contributed by atoms with van der Waals surface area (Å²) >= 11 is 0. The summed E-state index contributed by atoms with van der Waals surface area (Å²) in [5, 5.41) is 2.43. The minimum atomic E-state index is 1.19. The van der Waals surface area contributed by atoms with Crippen LogP contribution in [0, 0.1) is 0 Å². The van der Waals surface area contributed by atoms with Crippen molar-refractivity contribution in [1.82, 2.24) is 9.55 Å². The minimum absolute atomic E-state index is 1.19. The number of allylic oxidation sites excluding steroid dienone is 3. The molecule has 0 aliphatic carbocycles. The SMILES string of the molecule is C=N/C=C\C=C(/C)c1ccc2c3cnccc3n(C)c2c1. The lowest BCUT2D eigenvalue weighted by Gasteiger charge is -2.03. The van der Waals surface area contributed by atoms with Gasteiger partial charge in [0, 0.05) is 41.9 Å². The molecule has 0 aliphatic rings. The van der Waals surface area contributed by atoms with Gasteiger partial charge in [-0.1, -0.05) is 18.2 Å². The third-order valence-electron chi connectivity index (χ3n) is 3.80. The Morgan fingerprint density at radius 1 is 1.24 bits per heavy atom. The average molecular weight is 275 g/mol. The predicted octanol–water partition coefficient (Wildman–Crippen LogP) is 4.34. The van der Waals surface area contributed by atoms with Gasteiger partial charge in [0.2, 0.25) is 0 Å². The van der Waals surface area contributed by atoms with E-state index in [2.05, 4.69) is 59.5 Å². The highest BCUT2D eigenvalue weighted by Crippen LogP contribution is 2.29. The molecule has 0 saturated heterocycles. The number of rotatable bonds is 3. The molecule has 3 aromatic rings. The van der Waals surface area contributed by atoms with Crippen LogP contribution in [0.2, 0.25) is 0 Å². The lowest BCUT2D eigenvalue weighted by molar-refractivity contribution is 1.01. The number of aryl methyl sites for hydroxylation is 1. The first-order chi connectivity index (χ1) is 10.2. The molecular formula is C18H17N3. The second-order valence-electron chi connectivity index (χ2n) is 5.06. The number of hydrogen-bond acceptors (Lipinski definition) is 2. The molecule has 0 N–H and O–H groups in total. The fourth-order valence-electron chi connectivity index (χ4n) is 2.64. The van der Waals surface area contributed by atoms with Crippen molar-refractivity contribution in [2.45, 2.75) is 6.92 Å². The van der Waals surface area contributed by atoms with E-state index in [1.807, 2.05) is 24.5 Å². The Morgan fingerprint density at radius 3 is 2.90 bits per heavy atom. The normalized spacial score (nSPS) is 12.6. The zero-order chi connectivity index (χ0) is 14.8. The Hall–Kier alpha value is -2.68. The number of aromatic nitrogens is 2. The van der Waals surface area contributed by atoms with Crippen LogP contribution in [0.15, 0.2) is 60.0 Å². The van der Waals surface area contributed by atoms with Gasteiger partial charge in [0.15, 0.2) is 0 Å². The van der Waals surface area contributed by atoms with Gasteiger partial charge in [-0.05, 0) is 43.0 Å². The largest absolute Gasteiger partial charge is 0.343 e. The Kier molecular flexibility index (Phi) is 3.40. The van der Waals surface area contributed by atoms with Crippen LogP contribution in [0.3, 0.4) is 0 Å². The summed E-state index contributed by atoms with van der Waals surface area (Å²) in [5.74, 6) is 0. The molecule has 0 aliphatic heterocycles. The molecule has 3 heteroatoms. The van der Waals surface area contributed by atoms with E-state index >= 15 is 0 Å². The van der Waals surface area contributed by atoms with Gasteiger partial charge in [0.1, 0.15) is 0 Å². The van der Waals surface area contributed by atoms with Gasteiger partial charge in [-0.25, -0.2) is 0 Å². The van der Waals surface area contributed by atoms with Crippen LogP contribution in [0.25, 0.3) is 27.4 Å². The summed E-state index contributed by atoms with van der Waals surface area (Å²) in [4.78, 5) is 7.94. The first kappa shape index (κ1) is 13.3. The molecule has 104 valence electrons. The molecule has 21 heavy (non-hydrogen) atoms. The van der Waals surface area contributed by atoms with Crippen molar-refractivity contribution in [3.63, 3.8) is 0 Å². The monoisotopic (exact) mass is 275 g/mol. The number of pyridine rings is 1. The van der Waals surface area contributed by atoms with Crippen LogP contribution < -0.4 is 0 Å². The molecule has 0 bridgehead atoms. The fraction of sp³-hybridized carbons (Fsp3) is 0.111. The van der Waals surface area contributed by atoms with E-state index in [0.29, 0.717) is 0 Å². The van der Waals surface area contributed by atoms with Crippen molar-refractivity contribution in [1.29, 1.82) is 0 Å². The van der Waals surface area contributed by atoms with Gasteiger partial charge < -0.3 is 4.57 Å². The summed E-state index contributed by atoms with van der Waals surface area (Å²) in [6.45, 7) is 5.53. The molecule has 0 spiro atoms. The maximum absolute atomic E-state index is 4.23. The highest BCUT2D eigenvalue weighted by molar-refractivity contribution is 6.08. The van der Waals surface area contributed by atoms with E-state index in [-0.39, 0.29) is 0 Å². The Labute approximate surface area is 124 Å². The Morgan fingerprint density at radius 2 is 2.10 bits per heavy atom. The van der Waals surface area contributed by atoms with Gasteiger partial charge in [0.25, 0.3) is 0 Å². The van der Waals surface area contributed by atoms with Crippen LogP contribution in [-0.4, -0.2) is 16.3 Å². The zero-order valence-corrected chi connectivity index (χ0v) is 12.2. The van der Waals surface area contributed by atoms with Crippen LogP contribution in [0.4, 0.5) is 0 Å². The maximum atomic E-state index is 4.23. The summed E-state index contributed by atoms with van der Waals surface area (Å²) < 4.78 is 2.21. The van der Waals surface area contributed by atoms with E-state index in [1.54, 1.807) is 6.20 Å². The molecule has 2 heterocycles. The smallest absolute Gasteiger partial charge is 0.0519 e. The van der Waals surface area contributed by atoms with Crippen molar-refractivity contribution in [3.05, 3.63) is 60.6 Å². The standard InChI is InChI=1S/C18H17N3/c1-13(5-4-9-19-2)14-6-7-15-16-12-20-10-8-17(16)21(3)18(15)11-14/h4-12H,2H2,1,3H3/b9-4-,13-5+. The van der Waals surface area contributed by atoms with Crippen LogP contribution in [0.1, 0.15) is 12.5 Å². The molecule has 0 unspecified atom stereocenters.